The van der Waals surface area contributed by atoms with Gasteiger partial charge in [0.15, 0.2) is 0 Å². The van der Waals surface area contributed by atoms with Gasteiger partial charge in [-0.1, -0.05) is 11.6 Å². The monoisotopic (exact) mass is 461 g/mol. The van der Waals surface area contributed by atoms with Crippen molar-refractivity contribution in [2.75, 3.05) is 19.6 Å². The molecular formula is C23H29Cl2N5O. The highest BCUT2D eigenvalue weighted by Crippen LogP contribution is 2.41. The number of halogens is 2. The number of aromatic nitrogens is 3. The lowest BCUT2D eigenvalue weighted by Crippen LogP contribution is -2.49. The number of hydrogen-bond donors (Lipinski definition) is 1. The Balaban J connectivity index is 0.00000136. The van der Waals surface area contributed by atoms with Crippen LogP contribution in [0.3, 0.4) is 0 Å². The Morgan fingerprint density at radius 3 is 2.61 bits per heavy atom. The molecule has 0 radical (unpaired) electrons. The zero-order chi connectivity index (χ0) is 20.1. The van der Waals surface area contributed by atoms with E-state index in [0.29, 0.717) is 19.0 Å². The lowest BCUT2D eigenvalue weighted by Gasteiger charge is -2.36. The summed E-state index contributed by atoms with van der Waals surface area (Å²) in [7, 11) is 1.99. The van der Waals surface area contributed by atoms with Crippen molar-refractivity contribution in [3.05, 3.63) is 58.8 Å². The molecule has 8 heteroatoms. The molecule has 1 amide bonds. The van der Waals surface area contributed by atoms with Crippen molar-refractivity contribution < 1.29 is 4.79 Å². The van der Waals surface area contributed by atoms with Gasteiger partial charge in [-0.25, -0.2) is 4.98 Å². The first kappa shape index (κ1) is 23.5. The highest BCUT2D eigenvalue weighted by atomic mass is 35.5. The highest BCUT2D eigenvalue weighted by Gasteiger charge is 2.33. The molecule has 2 aromatic heterocycles. The van der Waals surface area contributed by atoms with Gasteiger partial charge in [0.1, 0.15) is 11.9 Å². The maximum absolute atomic E-state index is 13.9. The van der Waals surface area contributed by atoms with Crippen molar-refractivity contribution in [1.29, 1.82) is 0 Å². The van der Waals surface area contributed by atoms with E-state index < -0.39 is 0 Å². The lowest BCUT2D eigenvalue weighted by molar-refractivity contribution is 0.0622. The molecule has 1 unspecified atom stereocenters. The van der Waals surface area contributed by atoms with E-state index in [-0.39, 0.29) is 36.8 Å². The second-order valence-corrected chi connectivity index (χ2v) is 8.46. The number of nitrogens with one attached hydrogen (secondary N) is 1. The standard InChI is InChI=1S/C23H27N5O.2ClH/c1-14-10-15(2)21-17(11-14)18(12-19(26-21)16-4-5-16)23(29)28-9-6-24-13-20(28)22-25-7-8-27(22)3;;/h7-8,10-12,16,20,24H,4-6,9,13H2,1-3H3;2*1H. The van der Waals surface area contributed by atoms with Crippen LogP contribution >= 0.6 is 24.8 Å². The van der Waals surface area contributed by atoms with E-state index in [9.17, 15) is 4.79 Å². The summed E-state index contributed by atoms with van der Waals surface area (Å²) in [5.41, 5.74) is 5.11. The van der Waals surface area contributed by atoms with E-state index in [4.69, 9.17) is 4.98 Å². The number of carbonyl (C=O) groups excluding carboxylic acids is 1. The first-order chi connectivity index (χ1) is 14.0. The molecule has 2 aliphatic rings. The number of nitrogens with zero attached hydrogens (tertiary/aromatic N) is 4. The predicted molar refractivity (Wildman–Crippen MR) is 128 cm³/mol. The van der Waals surface area contributed by atoms with Gasteiger partial charge in [0.05, 0.1) is 11.1 Å². The Kier molecular flexibility index (Phi) is 6.94. The van der Waals surface area contributed by atoms with Crippen molar-refractivity contribution in [3.63, 3.8) is 0 Å². The van der Waals surface area contributed by atoms with Crippen molar-refractivity contribution in [3.8, 4) is 0 Å². The maximum atomic E-state index is 13.9. The molecule has 5 rings (SSSR count). The first-order valence-corrected chi connectivity index (χ1v) is 10.4. The molecule has 2 fully saturated rings. The summed E-state index contributed by atoms with van der Waals surface area (Å²) in [4.78, 5) is 25.3. The summed E-state index contributed by atoms with van der Waals surface area (Å²) in [5.74, 6) is 1.50. The number of benzene rings is 1. The zero-order valence-electron chi connectivity index (χ0n) is 18.1. The average molecular weight is 462 g/mol. The summed E-state index contributed by atoms with van der Waals surface area (Å²) in [5, 5.41) is 4.39. The van der Waals surface area contributed by atoms with Crippen LogP contribution < -0.4 is 5.32 Å². The van der Waals surface area contributed by atoms with E-state index in [1.165, 1.54) is 12.8 Å². The largest absolute Gasteiger partial charge is 0.336 e. The maximum Gasteiger partial charge on any atom is 0.255 e. The highest BCUT2D eigenvalue weighted by molar-refractivity contribution is 6.07. The van der Waals surface area contributed by atoms with Crippen LogP contribution in [0, 0.1) is 13.8 Å². The molecular weight excluding hydrogens is 433 g/mol. The van der Waals surface area contributed by atoms with Gasteiger partial charge in [0, 0.05) is 56.1 Å². The number of pyridine rings is 1. The molecule has 3 aromatic rings. The first-order valence-electron chi connectivity index (χ1n) is 10.4. The summed E-state index contributed by atoms with van der Waals surface area (Å²) in [6.07, 6.45) is 6.07. The fraction of sp³-hybridized carbons (Fsp3) is 0.435. The minimum absolute atomic E-state index is 0. The molecule has 1 N–H and O–H groups in total. The van der Waals surface area contributed by atoms with Gasteiger partial charge in [-0.05, 0) is 44.4 Å². The Hall–Kier alpha value is -2.15. The smallest absolute Gasteiger partial charge is 0.255 e. The quantitative estimate of drug-likeness (QED) is 0.637. The second kappa shape index (κ2) is 9.15. The fourth-order valence-electron chi connectivity index (χ4n) is 4.50. The van der Waals surface area contributed by atoms with Crippen LogP contribution in [0.1, 0.15) is 57.8 Å². The molecule has 1 atom stereocenters. The number of aryl methyl sites for hydroxylation is 3. The average Bonchev–Trinajstić information content (AvgIpc) is 3.48. The van der Waals surface area contributed by atoms with Gasteiger partial charge >= 0.3 is 0 Å². The minimum atomic E-state index is -0.0743. The Labute approximate surface area is 195 Å². The molecule has 1 aliphatic heterocycles. The van der Waals surface area contributed by atoms with Gasteiger partial charge in [0.25, 0.3) is 5.91 Å². The lowest BCUT2D eigenvalue weighted by atomic mass is 9.99. The van der Waals surface area contributed by atoms with E-state index in [1.807, 2.05) is 22.7 Å². The number of hydrogen-bond acceptors (Lipinski definition) is 4. The molecule has 6 nitrogen and oxygen atoms in total. The van der Waals surface area contributed by atoms with Gasteiger partial charge < -0.3 is 14.8 Å². The fourth-order valence-corrected chi connectivity index (χ4v) is 4.50. The Bertz CT molecular complexity index is 1110. The molecule has 1 saturated carbocycles. The normalized spacial score (nSPS) is 18.4. The Morgan fingerprint density at radius 2 is 1.94 bits per heavy atom. The van der Waals surface area contributed by atoms with Crippen molar-refractivity contribution in [2.45, 2.75) is 38.6 Å². The van der Waals surface area contributed by atoms with E-state index in [2.05, 4.69) is 42.3 Å². The van der Waals surface area contributed by atoms with Crippen LogP contribution in [0.15, 0.2) is 30.6 Å². The summed E-state index contributed by atoms with van der Waals surface area (Å²) >= 11 is 0. The molecule has 0 bridgehead atoms. The van der Waals surface area contributed by atoms with Gasteiger partial charge in [-0.15, -0.1) is 24.8 Å². The molecule has 0 spiro atoms. The molecule has 1 aliphatic carbocycles. The number of amides is 1. The van der Waals surface area contributed by atoms with Gasteiger partial charge in [0.2, 0.25) is 0 Å². The zero-order valence-corrected chi connectivity index (χ0v) is 19.7. The van der Waals surface area contributed by atoms with Gasteiger partial charge in [-0.3, -0.25) is 9.78 Å². The number of fused-ring (bicyclic) bond motifs is 1. The third-order valence-corrected chi connectivity index (χ3v) is 6.15. The van der Waals surface area contributed by atoms with Gasteiger partial charge in [-0.2, -0.15) is 0 Å². The molecule has 31 heavy (non-hydrogen) atoms. The second-order valence-electron chi connectivity index (χ2n) is 8.46. The third kappa shape index (κ3) is 4.29. The summed E-state index contributed by atoms with van der Waals surface area (Å²) in [6.45, 7) is 6.35. The number of rotatable bonds is 3. The van der Waals surface area contributed by atoms with Crippen molar-refractivity contribution in [1.82, 2.24) is 24.8 Å². The Morgan fingerprint density at radius 1 is 1.16 bits per heavy atom. The minimum Gasteiger partial charge on any atom is -0.336 e. The van der Waals surface area contributed by atoms with Crippen molar-refractivity contribution in [2.24, 2.45) is 7.05 Å². The van der Waals surface area contributed by atoms with Crippen LogP contribution in [0.4, 0.5) is 0 Å². The molecule has 166 valence electrons. The van der Waals surface area contributed by atoms with Crippen molar-refractivity contribution >= 4 is 41.6 Å². The molecule has 1 saturated heterocycles. The predicted octanol–water partition coefficient (Wildman–Crippen LogP) is 4.09. The van der Waals surface area contributed by atoms with E-state index >= 15 is 0 Å². The van der Waals surface area contributed by atoms with E-state index in [1.54, 1.807) is 6.20 Å². The van der Waals surface area contributed by atoms with Crippen LogP contribution in [0.25, 0.3) is 10.9 Å². The molecule has 3 heterocycles. The van der Waals surface area contributed by atoms with E-state index in [0.717, 1.165) is 45.7 Å². The number of imidazole rings is 1. The summed E-state index contributed by atoms with van der Waals surface area (Å²) in [6, 6.07) is 6.24. The topological polar surface area (TPSA) is 63.1 Å². The molecule has 1 aromatic carbocycles. The van der Waals surface area contributed by atoms with Crippen LogP contribution in [-0.4, -0.2) is 45.0 Å². The summed E-state index contributed by atoms with van der Waals surface area (Å²) < 4.78 is 2.01. The third-order valence-electron chi connectivity index (χ3n) is 6.15. The van der Waals surface area contributed by atoms with Crippen LogP contribution in [0.5, 0.6) is 0 Å². The number of piperazine rings is 1. The van der Waals surface area contributed by atoms with Crippen LogP contribution in [-0.2, 0) is 7.05 Å². The SMILES string of the molecule is Cc1cc(C)c2nc(C3CC3)cc(C(=O)N3CCNCC3c3nccn3C)c2c1.Cl.Cl. The van der Waals surface area contributed by atoms with Crippen LogP contribution in [0.2, 0.25) is 0 Å². The number of carbonyl (C=O) groups is 1.